The molecule has 20 heavy (non-hydrogen) atoms. The first-order valence-corrected chi connectivity index (χ1v) is 6.83. The molecule has 3 rings (SSSR count). The second kappa shape index (κ2) is 4.87. The van der Waals surface area contributed by atoms with Gasteiger partial charge in [-0.3, -0.25) is 0 Å². The molecule has 0 saturated carbocycles. The summed E-state index contributed by atoms with van der Waals surface area (Å²) in [4.78, 5) is 13.2. The lowest BCUT2D eigenvalue weighted by Gasteiger charge is -2.26. The molecular weight excluding hydrogens is 276 g/mol. The van der Waals surface area contributed by atoms with Gasteiger partial charge in [0.2, 0.25) is 0 Å². The molecule has 2 amide bonds. The van der Waals surface area contributed by atoms with E-state index < -0.39 is 0 Å². The van der Waals surface area contributed by atoms with E-state index in [1.54, 1.807) is 18.2 Å². The zero-order valence-electron chi connectivity index (χ0n) is 11.3. The SMILES string of the molecule is Cc1ccoc1C(Cl)c1ccc2c(c1)CN(C)C(=O)N2. The average molecular weight is 291 g/mol. The van der Waals surface area contributed by atoms with Crippen LogP contribution in [0.15, 0.2) is 34.9 Å². The van der Waals surface area contributed by atoms with Gasteiger partial charge in [-0.05, 0) is 41.8 Å². The van der Waals surface area contributed by atoms with E-state index in [4.69, 9.17) is 16.0 Å². The van der Waals surface area contributed by atoms with E-state index >= 15 is 0 Å². The number of urea groups is 1. The van der Waals surface area contributed by atoms with E-state index in [2.05, 4.69) is 5.32 Å². The van der Waals surface area contributed by atoms with Crippen molar-refractivity contribution in [2.75, 3.05) is 12.4 Å². The van der Waals surface area contributed by atoms with Crippen LogP contribution in [-0.4, -0.2) is 18.0 Å². The van der Waals surface area contributed by atoms with Gasteiger partial charge in [-0.2, -0.15) is 0 Å². The molecule has 0 aliphatic carbocycles. The lowest BCUT2D eigenvalue weighted by molar-refractivity contribution is 0.218. The normalized spacial score (nSPS) is 15.8. The highest BCUT2D eigenvalue weighted by atomic mass is 35.5. The van der Waals surface area contributed by atoms with Gasteiger partial charge in [0.05, 0.1) is 6.26 Å². The van der Waals surface area contributed by atoms with E-state index in [0.29, 0.717) is 6.54 Å². The third kappa shape index (κ3) is 2.16. The number of furan rings is 1. The van der Waals surface area contributed by atoms with Gasteiger partial charge in [0.1, 0.15) is 11.1 Å². The Morgan fingerprint density at radius 1 is 1.40 bits per heavy atom. The maximum Gasteiger partial charge on any atom is 0.321 e. The van der Waals surface area contributed by atoms with Crippen molar-refractivity contribution in [3.8, 4) is 0 Å². The van der Waals surface area contributed by atoms with E-state index in [0.717, 1.165) is 28.1 Å². The number of benzene rings is 1. The third-order valence-corrected chi connectivity index (χ3v) is 4.00. The Balaban J connectivity index is 1.95. The van der Waals surface area contributed by atoms with Crippen LogP contribution in [-0.2, 0) is 6.54 Å². The highest BCUT2D eigenvalue weighted by Gasteiger charge is 2.22. The lowest BCUT2D eigenvalue weighted by Crippen LogP contribution is -2.35. The number of carbonyl (C=O) groups excluding carboxylic acids is 1. The van der Waals surface area contributed by atoms with Gasteiger partial charge in [0, 0.05) is 19.3 Å². The fraction of sp³-hybridized carbons (Fsp3) is 0.267. The summed E-state index contributed by atoms with van der Waals surface area (Å²) in [5, 5.41) is 2.52. The second-order valence-corrected chi connectivity index (χ2v) is 5.47. The molecule has 4 nitrogen and oxygen atoms in total. The van der Waals surface area contributed by atoms with E-state index in [1.165, 1.54) is 0 Å². The number of nitrogens with zero attached hydrogens (tertiary/aromatic N) is 1. The zero-order valence-corrected chi connectivity index (χ0v) is 12.1. The van der Waals surface area contributed by atoms with Crippen LogP contribution in [0, 0.1) is 6.92 Å². The Labute approximate surface area is 122 Å². The van der Waals surface area contributed by atoms with Crippen LogP contribution in [0.1, 0.15) is 27.8 Å². The number of aryl methyl sites for hydroxylation is 1. The van der Waals surface area contributed by atoms with Crippen molar-refractivity contribution in [2.45, 2.75) is 18.8 Å². The molecule has 2 heterocycles. The summed E-state index contributed by atoms with van der Waals surface area (Å²) in [6.07, 6.45) is 1.65. The van der Waals surface area contributed by atoms with Crippen LogP contribution in [0.2, 0.25) is 0 Å². The average Bonchev–Trinajstić information content (AvgIpc) is 2.85. The fourth-order valence-electron chi connectivity index (χ4n) is 2.36. The molecule has 0 spiro atoms. The first kappa shape index (κ1) is 13.1. The van der Waals surface area contributed by atoms with Crippen LogP contribution >= 0.6 is 11.6 Å². The number of amides is 2. The van der Waals surface area contributed by atoms with Crippen molar-refractivity contribution in [1.29, 1.82) is 0 Å². The van der Waals surface area contributed by atoms with Gasteiger partial charge < -0.3 is 14.6 Å². The van der Waals surface area contributed by atoms with E-state index in [-0.39, 0.29) is 11.4 Å². The molecule has 1 N–H and O–H groups in total. The predicted molar refractivity (Wildman–Crippen MR) is 78.1 cm³/mol. The molecule has 2 aromatic rings. The van der Waals surface area contributed by atoms with Crippen molar-refractivity contribution >= 4 is 23.3 Å². The fourth-order valence-corrected chi connectivity index (χ4v) is 2.72. The molecule has 5 heteroatoms. The molecule has 0 bridgehead atoms. The van der Waals surface area contributed by atoms with Gasteiger partial charge in [-0.15, -0.1) is 11.6 Å². The number of anilines is 1. The summed E-state index contributed by atoms with van der Waals surface area (Å²) in [5.41, 5.74) is 3.90. The maximum absolute atomic E-state index is 11.6. The summed E-state index contributed by atoms with van der Waals surface area (Å²) in [5.74, 6) is 0.764. The van der Waals surface area contributed by atoms with Gasteiger partial charge in [-0.1, -0.05) is 6.07 Å². The van der Waals surface area contributed by atoms with Gasteiger partial charge in [0.25, 0.3) is 0 Å². The highest BCUT2D eigenvalue weighted by molar-refractivity contribution is 6.22. The molecule has 1 aliphatic rings. The monoisotopic (exact) mass is 290 g/mol. The van der Waals surface area contributed by atoms with Crippen LogP contribution < -0.4 is 5.32 Å². The van der Waals surface area contributed by atoms with Crippen molar-refractivity contribution in [3.05, 3.63) is 53.0 Å². The van der Waals surface area contributed by atoms with Gasteiger partial charge >= 0.3 is 6.03 Å². The lowest BCUT2D eigenvalue weighted by atomic mass is 10.0. The number of carbonyl (C=O) groups is 1. The Kier molecular flexibility index (Phi) is 3.18. The van der Waals surface area contributed by atoms with Gasteiger partial charge in [0.15, 0.2) is 0 Å². The largest absolute Gasteiger partial charge is 0.467 e. The minimum absolute atomic E-state index is 0.0884. The van der Waals surface area contributed by atoms with Crippen LogP contribution in [0.25, 0.3) is 0 Å². The quantitative estimate of drug-likeness (QED) is 0.853. The topological polar surface area (TPSA) is 45.5 Å². The molecule has 1 aliphatic heterocycles. The van der Waals surface area contributed by atoms with E-state index in [1.807, 2.05) is 31.2 Å². The number of alkyl halides is 1. The number of fused-ring (bicyclic) bond motifs is 1. The maximum atomic E-state index is 11.6. The second-order valence-electron chi connectivity index (χ2n) is 5.03. The summed E-state index contributed by atoms with van der Waals surface area (Å²) in [7, 11) is 1.76. The number of hydrogen-bond donors (Lipinski definition) is 1. The minimum atomic E-state index is -0.321. The highest BCUT2D eigenvalue weighted by Crippen LogP contribution is 2.34. The van der Waals surface area contributed by atoms with Gasteiger partial charge in [-0.25, -0.2) is 4.79 Å². The molecule has 104 valence electrons. The summed E-state index contributed by atoms with van der Waals surface area (Å²) < 4.78 is 5.45. The Morgan fingerprint density at radius 3 is 2.90 bits per heavy atom. The van der Waals surface area contributed by atoms with Crippen molar-refractivity contribution in [1.82, 2.24) is 4.90 Å². The first-order valence-electron chi connectivity index (χ1n) is 6.39. The van der Waals surface area contributed by atoms with Crippen molar-refractivity contribution < 1.29 is 9.21 Å². The molecule has 0 radical (unpaired) electrons. The van der Waals surface area contributed by atoms with Crippen LogP contribution in [0.5, 0.6) is 0 Å². The third-order valence-electron chi connectivity index (χ3n) is 3.55. The summed E-state index contributed by atoms with van der Waals surface area (Å²) in [6, 6.07) is 7.64. The molecule has 0 fully saturated rings. The van der Waals surface area contributed by atoms with Crippen molar-refractivity contribution in [2.24, 2.45) is 0 Å². The minimum Gasteiger partial charge on any atom is -0.467 e. The Morgan fingerprint density at radius 2 is 2.20 bits per heavy atom. The predicted octanol–water partition coefficient (Wildman–Crippen LogP) is 3.89. The van der Waals surface area contributed by atoms with E-state index in [9.17, 15) is 4.79 Å². The molecular formula is C15H15ClN2O2. The number of rotatable bonds is 2. The summed E-state index contributed by atoms with van der Waals surface area (Å²) >= 11 is 6.49. The molecule has 1 aromatic heterocycles. The summed E-state index contributed by atoms with van der Waals surface area (Å²) in [6.45, 7) is 2.55. The number of nitrogens with one attached hydrogen (secondary N) is 1. The first-order chi connectivity index (χ1) is 9.56. The Hall–Kier alpha value is -1.94. The zero-order chi connectivity index (χ0) is 14.3. The standard InChI is InChI=1S/C15H15ClN2O2/c1-9-5-6-20-14(9)13(16)10-3-4-12-11(7-10)8-18(2)15(19)17-12/h3-7,13H,8H2,1-2H3,(H,17,19). The molecule has 1 atom stereocenters. The van der Waals surface area contributed by atoms with Crippen LogP contribution in [0.3, 0.4) is 0 Å². The number of halogens is 1. The molecule has 1 aromatic carbocycles. The smallest absolute Gasteiger partial charge is 0.321 e. The number of hydrogen-bond acceptors (Lipinski definition) is 2. The molecule has 1 unspecified atom stereocenters. The molecule has 0 saturated heterocycles. The van der Waals surface area contributed by atoms with Crippen molar-refractivity contribution in [3.63, 3.8) is 0 Å². The van der Waals surface area contributed by atoms with Crippen LogP contribution in [0.4, 0.5) is 10.5 Å². The Bertz CT molecular complexity index is 666.